The highest BCUT2D eigenvalue weighted by molar-refractivity contribution is 5.75. The van der Waals surface area contributed by atoms with Crippen LogP contribution in [0.15, 0.2) is 39.9 Å². The van der Waals surface area contributed by atoms with E-state index in [1.165, 1.54) is 4.57 Å². The standard InChI is InChI=1S/C24H34N6O2/c1-3-4-5-9-15-29-21-20(22(31)27(2)24(29)32)30(16-18-11-7-6-8-12-18)23(26-21)28-14-10-13-19(25)17-28/h6-8,11-12,19H,3-5,9-10,13-17,25H2,1-2H3/t19-/m0/s1. The van der Waals surface area contributed by atoms with Gasteiger partial charge in [0.1, 0.15) is 0 Å². The van der Waals surface area contributed by atoms with Crippen molar-refractivity contribution in [3.63, 3.8) is 0 Å². The molecule has 8 nitrogen and oxygen atoms in total. The summed E-state index contributed by atoms with van der Waals surface area (Å²) < 4.78 is 4.88. The van der Waals surface area contributed by atoms with Crippen molar-refractivity contribution in [3.8, 4) is 0 Å². The normalized spacial score (nSPS) is 16.7. The van der Waals surface area contributed by atoms with E-state index in [2.05, 4.69) is 11.8 Å². The quantitative estimate of drug-likeness (QED) is 0.546. The molecule has 0 radical (unpaired) electrons. The second-order valence-corrected chi connectivity index (χ2v) is 8.86. The topological polar surface area (TPSA) is 91.1 Å². The number of benzene rings is 1. The molecule has 2 N–H and O–H groups in total. The number of nitrogens with zero attached hydrogens (tertiary/aromatic N) is 5. The van der Waals surface area contributed by atoms with Crippen molar-refractivity contribution in [3.05, 3.63) is 56.7 Å². The molecular weight excluding hydrogens is 404 g/mol. The molecule has 8 heteroatoms. The maximum absolute atomic E-state index is 13.3. The number of aryl methyl sites for hydroxylation is 1. The molecule has 1 aliphatic heterocycles. The SMILES string of the molecule is CCCCCCn1c(=O)n(C)c(=O)c2c1nc(N1CCC[C@H](N)C1)n2Cc1ccccc1. The summed E-state index contributed by atoms with van der Waals surface area (Å²) in [6.07, 6.45) is 6.16. The van der Waals surface area contributed by atoms with Gasteiger partial charge in [-0.2, -0.15) is 4.98 Å². The number of rotatable bonds is 8. The van der Waals surface area contributed by atoms with Crippen molar-refractivity contribution < 1.29 is 0 Å². The smallest absolute Gasteiger partial charge is 0.332 e. The van der Waals surface area contributed by atoms with Gasteiger partial charge < -0.3 is 10.6 Å². The molecule has 1 saturated heterocycles. The van der Waals surface area contributed by atoms with Crippen LogP contribution in [0.2, 0.25) is 0 Å². The number of nitrogens with two attached hydrogens (primary N) is 1. The Bertz CT molecular complexity index is 1180. The Labute approximate surface area is 188 Å². The molecule has 1 atom stereocenters. The van der Waals surface area contributed by atoms with Gasteiger partial charge >= 0.3 is 5.69 Å². The summed E-state index contributed by atoms with van der Waals surface area (Å²) >= 11 is 0. The monoisotopic (exact) mass is 438 g/mol. The second kappa shape index (κ2) is 9.73. The lowest BCUT2D eigenvalue weighted by atomic mass is 10.1. The average Bonchev–Trinajstić information content (AvgIpc) is 3.17. The Balaban J connectivity index is 1.88. The summed E-state index contributed by atoms with van der Waals surface area (Å²) in [6, 6.07) is 10.1. The van der Waals surface area contributed by atoms with Gasteiger partial charge in [0.2, 0.25) is 5.95 Å². The fraction of sp³-hybridized carbons (Fsp3) is 0.542. The van der Waals surface area contributed by atoms with Gasteiger partial charge in [-0.25, -0.2) is 4.79 Å². The predicted molar refractivity (Wildman–Crippen MR) is 128 cm³/mol. The number of imidazole rings is 1. The van der Waals surface area contributed by atoms with Crippen molar-refractivity contribution in [2.75, 3.05) is 18.0 Å². The van der Waals surface area contributed by atoms with Crippen LogP contribution < -0.4 is 21.9 Å². The first-order valence-corrected chi connectivity index (χ1v) is 11.8. The summed E-state index contributed by atoms with van der Waals surface area (Å²) in [5.41, 5.74) is 7.71. The number of fused-ring (bicyclic) bond motifs is 1. The third kappa shape index (κ3) is 4.37. The molecule has 32 heavy (non-hydrogen) atoms. The van der Waals surface area contributed by atoms with Gasteiger partial charge in [-0.3, -0.25) is 18.5 Å². The highest BCUT2D eigenvalue weighted by Crippen LogP contribution is 2.24. The van der Waals surface area contributed by atoms with Crippen molar-refractivity contribution >= 4 is 17.1 Å². The van der Waals surface area contributed by atoms with Gasteiger partial charge in [-0.15, -0.1) is 0 Å². The Morgan fingerprint density at radius 1 is 1.09 bits per heavy atom. The van der Waals surface area contributed by atoms with E-state index in [9.17, 15) is 9.59 Å². The Morgan fingerprint density at radius 3 is 2.59 bits per heavy atom. The van der Waals surface area contributed by atoms with Crippen molar-refractivity contribution in [1.82, 2.24) is 18.7 Å². The molecule has 1 aromatic carbocycles. The lowest BCUT2D eigenvalue weighted by Crippen LogP contribution is -2.44. The Morgan fingerprint density at radius 2 is 1.88 bits per heavy atom. The van der Waals surface area contributed by atoms with E-state index in [1.54, 1.807) is 11.6 Å². The molecule has 3 heterocycles. The molecule has 0 aliphatic carbocycles. The number of aromatic nitrogens is 4. The van der Waals surface area contributed by atoms with Gasteiger partial charge in [0.25, 0.3) is 5.56 Å². The molecule has 1 fully saturated rings. The van der Waals surface area contributed by atoms with Crippen LogP contribution in [0.25, 0.3) is 11.2 Å². The molecule has 0 amide bonds. The van der Waals surface area contributed by atoms with E-state index < -0.39 is 0 Å². The predicted octanol–water partition coefficient (Wildman–Crippen LogP) is 2.45. The number of piperidine rings is 1. The van der Waals surface area contributed by atoms with Crippen molar-refractivity contribution in [2.45, 2.75) is 64.6 Å². The van der Waals surface area contributed by atoms with Gasteiger partial charge in [0.05, 0.1) is 6.54 Å². The first-order valence-electron chi connectivity index (χ1n) is 11.8. The number of anilines is 1. The van der Waals surface area contributed by atoms with Crippen LogP contribution in [0, 0.1) is 0 Å². The number of hydrogen-bond donors (Lipinski definition) is 1. The molecule has 3 aromatic rings. The van der Waals surface area contributed by atoms with Crippen LogP contribution in [0.4, 0.5) is 5.95 Å². The van der Waals surface area contributed by atoms with Crippen LogP contribution in [0.5, 0.6) is 0 Å². The third-order valence-corrected chi connectivity index (χ3v) is 6.37. The van der Waals surface area contributed by atoms with E-state index in [0.717, 1.165) is 56.6 Å². The zero-order valence-electron chi connectivity index (χ0n) is 19.2. The lowest BCUT2D eigenvalue weighted by molar-refractivity contribution is 0.495. The average molecular weight is 439 g/mol. The molecule has 0 spiro atoms. The molecule has 0 unspecified atom stereocenters. The first kappa shape index (κ1) is 22.3. The molecular formula is C24H34N6O2. The summed E-state index contributed by atoms with van der Waals surface area (Å²) in [5, 5.41) is 0. The maximum atomic E-state index is 13.3. The van der Waals surface area contributed by atoms with E-state index in [4.69, 9.17) is 10.7 Å². The van der Waals surface area contributed by atoms with Gasteiger partial charge in [0, 0.05) is 32.7 Å². The number of hydrogen-bond acceptors (Lipinski definition) is 5. The Kier molecular flexibility index (Phi) is 6.79. The Hall–Kier alpha value is -2.87. The van der Waals surface area contributed by atoms with Crippen LogP contribution in [0.1, 0.15) is 51.0 Å². The number of unbranched alkanes of at least 4 members (excludes halogenated alkanes) is 3. The zero-order valence-corrected chi connectivity index (χ0v) is 19.2. The summed E-state index contributed by atoms with van der Waals surface area (Å²) in [5.74, 6) is 0.726. The molecule has 4 rings (SSSR count). The fourth-order valence-electron chi connectivity index (χ4n) is 4.59. The minimum absolute atomic E-state index is 0.0767. The molecule has 1 aliphatic rings. The highest BCUT2D eigenvalue weighted by Gasteiger charge is 2.26. The molecule has 0 bridgehead atoms. The summed E-state index contributed by atoms with van der Waals surface area (Å²) in [6.45, 7) is 4.77. The van der Waals surface area contributed by atoms with Crippen molar-refractivity contribution in [2.24, 2.45) is 12.8 Å². The minimum atomic E-state index is -0.301. The molecule has 0 saturated carbocycles. The lowest BCUT2D eigenvalue weighted by Gasteiger charge is -2.31. The minimum Gasteiger partial charge on any atom is -0.341 e. The van der Waals surface area contributed by atoms with Crippen LogP contribution in [-0.4, -0.2) is 37.8 Å². The van der Waals surface area contributed by atoms with Crippen LogP contribution >= 0.6 is 0 Å². The van der Waals surface area contributed by atoms with E-state index >= 15 is 0 Å². The van der Waals surface area contributed by atoms with Crippen LogP contribution in [-0.2, 0) is 20.1 Å². The van der Waals surface area contributed by atoms with Crippen molar-refractivity contribution in [1.29, 1.82) is 0 Å². The highest BCUT2D eigenvalue weighted by atomic mass is 16.2. The second-order valence-electron chi connectivity index (χ2n) is 8.86. The van der Waals surface area contributed by atoms with E-state index in [0.29, 0.717) is 30.8 Å². The van der Waals surface area contributed by atoms with E-state index in [-0.39, 0.29) is 17.3 Å². The summed E-state index contributed by atoms with van der Waals surface area (Å²) in [7, 11) is 1.56. The molecule has 172 valence electrons. The fourth-order valence-corrected chi connectivity index (χ4v) is 4.59. The first-order chi connectivity index (χ1) is 15.5. The maximum Gasteiger partial charge on any atom is 0.332 e. The largest absolute Gasteiger partial charge is 0.341 e. The molecule has 2 aromatic heterocycles. The van der Waals surface area contributed by atoms with Gasteiger partial charge in [-0.05, 0) is 24.8 Å². The summed E-state index contributed by atoms with van der Waals surface area (Å²) in [4.78, 5) is 33.4. The third-order valence-electron chi connectivity index (χ3n) is 6.37. The van der Waals surface area contributed by atoms with Crippen LogP contribution in [0.3, 0.4) is 0 Å². The van der Waals surface area contributed by atoms with Gasteiger partial charge in [-0.1, -0.05) is 56.5 Å². The van der Waals surface area contributed by atoms with E-state index in [1.807, 2.05) is 34.9 Å². The zero-order chi connectivity index (χ0) is 22.7. The van der Waals surface area contributed by atoms with Gasteiger partial charge in [0.15, 0.2) is 11.2 Å².